The summed E-state index contributed by atoms with van der Waals surface area (Å²) >= 11 is 0. The van der Waals surface area contributed by atoms with Crippen LogP contribution >= 0.6 is 0 Å². The number of carboxylic acid groups (broad SMARTS) is 1. The maximum atomic E-state index is 11.1. The molecule has 0 fully saturated rings. The van der Waals surface area contributed by atoms with Crippen LogP contribution in [0.5, 0.6) is 5.75 Å². The maximum Gasteiger partial charge on any atom is 0.335 e. The van der Waals surface area contributed by atoms with Crippen LogP contribution in [-0.2, 0) is 10.4 Å². The first-order valence-electron chi connectivity index (χ1n) is 5.45. The van der Waals surface area contributed by atoms with Gasteiger partial charge in [0.2, 0.25) is 0 Å². The normalized spacial score (nSPS) is 25.1. The number of para-hydroxylation sites is 1. The van der Waals surface area contributed by atoms with Crippen LogP contribution in [0.25, 0.3) is 0 Å². The van der Waals surface area contributed by atoms with Gasteiger partial charge in [-0.1, -0.05) is 25.1 Å². The van der Waals surface area contributed by atoms with Crippen LogP contribution < -0.4 is 4.74 Å². The Morgan fingerprint density at radius 1 is 1.41 bits per heavy atom. The summed E-state index contributed by atoms with van der Waals surface area (Å²) in [6.45, 7) is 3.27. The van der Waals surface area contributed by atoms with E-state index in [0.717, 1.165) is 0 Å². The molecule has 0 amide bonds. The molecular formula is C13H14O4. The van der Waals surface area contributed by atoms with Crippen LogP contribution in [0.15, 0.2) is 35.6 Å². The average molecular weight is 234 g/mol. The number of carbonyl (C=O) groups is 1. The Labute approximate surface area is 99.2 Å². The fourth-order valence-electron chi connectivity index (χ4n) is 2.05. The molecular weight excluding hydrogens is 220 g/mol. The van der Waals surface area contributed by atoms with E-state index in [9.17, 15) is 9.90 Å². The number of hydrogen-bond acceptors (Lipinski definition) is 3. The lowest BCUT2D eigenvalue weighted by Gasteiger charge is -2.18. The quantitative estimate of drug-likeness (QED) is 0.768. The largest absolute Gasteiger partial charge is 0.478 e. The van der Waals surface area contributed by atoms with Crippen LogP contribution in [0, 0.1) is 0 Å². The zero-order valence-electron chi connectivity index (χ0n) is 9.73. The van der Waals surface area contributed by atoms with E-state index in [-0.39, 0.29) is 11.3 Å². The van der Waals surface area contributed by atoms with Gasteiger partial charge in [-0.25, -0.2) is 4.79 Å². The molecule has 2 rings (SSSR count). The standard InChI is InChI=1S/C13H14O4/c1-3-8(12(14)15)11-13(2,16)9-6-4-5-7-10(9)17-11/h4-7,16H,3H2,1-2H3,(H,14,15). The molecule has 1 heterocycles. The van der Waals surface area contributed by atoms with Crippen LogP contribution in [0.4, 0.5) is 0 Å². The number of carboxylic acids is 1. The molecule has 1 unspecified atom stereocenters. The van der Waals surface area contributed by atoms with Gasteiger partial charge in [-0.15, -0.1) is 0 Å². The summed E-state index contributed by atoms with van der Waals surface area (Å²) in [5.41, 5.74) is -0.672. The molecule has 0 aliphatic carbocycles. The second-order valence-corrected chi connectivity index (χ2v) is 4.14. The fraction of sp³-hybridized carbons (Fsp3) is 0.308. The monoisotopic (exact) mass is 234 g/mol. The number of benzene rings is 1. The molecule has 0 aromatic heterocycles. The SMILES string of the molecule is CCC(C(=O)O)=C1Oc2ccccc2C1(C)O. The Hall–Kier alpha value is -1.81. The third-order valence-electron chi connectivity index (χ3n) is 2.95. The second-order valence-electron chi connectivity index (χ2n) is 4.14. The molecule has 17 heavy (non-hydrogen) atoms. The van der Waals surface area contributed by atoms with Gasteiger partial charge in [0.1, 0.15) is 11.4 Å². The summed E-state index contributed by atoms with van der Waals surface area (Å²) in [5.74, 6) is -0.427. The van der Waals surface area contributed by atoms with Crippen molar-refractivity contribution in [2.45, 2.75) is 25.9 Å². The smallest absolute Gasteiger partial charge is 0.335 e. The minimum absolute atomic E-state index is 0.103. The summed E-state index contributed by atoms with van der Waals surface area (Å²) in [5, 5.41) is 19.5. The Kier molecular flexibility index (Phi) is 2.67. The minimum Gasteiger partial charge on any atom is -0.478 e. The molecule has 0 radical (unpaired) electrons. The summed E-state index contributed by atoms with van der Waals surface area (Å²) in [6, 6.07) is 7.01. The average Bonchev–Trinajstić information content (AvgIpc) is 2.53. The molecule has 1 aliphatic heterocycles. The Bertz CT molecular complexity index is 500. The zero-order valence-corrected chi connectivity index (χ0v) is 9.73. The van der Waals surface area contributed by atoms with E-state index >= 15 is 0 Å². The lowest BCUT2D eigenvalue weighted by molar-refractivity contribution is -0.133. The molecule has 4 heteroatoms. The lowest BCUT2D eigenvalue weighted by Crippen LogP contribution is -2.24. The first-order chi connectivity index (χ1) is 7.98. The lowest BCUT2D eigenvalue weighted by atomic mass is 9.92. The van der Waals surface area contributed by atoms with Crippen molar-refractivity contribution >= 4 is 5.97 Å². The molecule has 0 spiro atoms. The van der Waals surface area contributed by atoms with E-state index in [1.807, 2.05) is 0 Å². The van der Waals surface area contributed by atoms with Crippen molar-refractivity contribution in [2.75, 3.05) is 0 Å². The number of rotatable bonds is 2. The van der Waals surface area contributed by atoms with Crippen molar-refractivity contribution in [3.63, 3.8) is 0 Å². The van der Waals surface area contributed by atoms with E-state index in [2.05, 4.69) is 0 Å². The van der Waals surface area contributed by atoms with Gasteiger partial charge in [-0.2, -0.15) is 0 Å². The van der Waals surface area contributed by atoms with Crippen LogP contribution in [0.3, 0.4) is 0 Å². The highest BCUT2D eigenvalue weighted by atomic mass is 16.5. The van der Waals surface area contributed by atoms with Gasteiger partial charge in [-0.3, -0.25) is 0 Å². The summed E-state index contributed by atoms with van der Waals surface area (Å²) in [6.07, 6.45) is 0.300. The number of fused-ring (bicyclic) bond motifs is 1. The highest BCUT2D eigenvalue weighted by Gasteiger charge is 2.42. The minimum atomic E-state index is -1.37. The highest BCUT2D eigenvalue weighted by molar-refractivity contribution is 5.88. The van der Waals surface area contributed by atoms with Gasteiger partial charge < -0.3 is 14.9 Å². The Morgan fingerprint density at radius 2 is 2.06 bits per heavy atom. The maximum absolute atomic E-state index is 11.1. The first-order valence-corrected chi connectivity index (χ1v) is 5.45. The van der Waals surface area contributed by atoms with E-state index < -0.39 is 11.6 Å². The third-order valence-corrected chi connectivity index (χ3v) is 2.95. The van der Waals surface area contributed by atoms with E-state index in [1.165, 1.54) is 0 Å². The molecule has 1 atom stereocenters. The van der Waals surface area contributed by atoms with Gasteiger partial charge in [0.05, 0.1) is 5.57 Å². The van der Waals surface area contributed by atoms with Crippen molar-refractivity contribution in [2.24, 2.45) is 0 Å². The molecule has 1 aromatic carbocycles. The van der Waals surface area contributed by atoms with Crippen LogP contribution in [-0.4, -0.2) is 16.2 Å². The third kappa shape index (κ3) is 1.70. The summed E-state index contributed by atoms with van der Waals surface area (Å²) in [7, 11) is 0. The summed E-state index contributed by atoms with van der Waals surface area (Å²) < 4.78 is 5.49. The van der Waals surface area contributed by atoms with Crippen molar-refractivity contribution in [1.29, 1.82) is 0 Å². The van der Waals surface area contributed by atoms with E-state index in [0.29, 0.717) is 17.7 Å². The first kappa shape index (κ1) is 11.7. The number of hydrogen-bond donors (Lipinski definition) is 2. The fourth-order valence-corrected chi connectivity index (χ4v) is 2.05. The molecule has 0 bridgehead atoms. The van der Waals surface area contributed by atoms with Crippen molar-refractivity contribution in [3.05, 3.63) is 41.2 Å². The van der Waals surface area contributed by atoms with Crippen molar-refractivity contribution in [1.82, 2.24) is 0 Å². The number of aliphatic hydroxyl groups is 1. The van der Waals surface area contributed by atoms with Gasteiger partial charge in [0.15, 0.2) is 5.76 Å². The zero-order chi connectivity index (χ0) is 12.6. The van der Waals surface area contributed by atoms with Gasteiger partial charge in [0, 0.05) is 5.56 Å². The molecule has 2 N–H and O–H groups in total. The predicted molar refractivity (Wildman–Crippen MR) is 61.6 cm³/mol. The van der Waals surface area contributed by atoms with Crippen molar-refractivity contribution in [3.8, 4) is 5.75 Å². The Morgan fingerprint density at radius 3 is 2.59 bits per heavy atom. The number of ether oxygens (including phenoxy) is 1. The molecule has 0 saturated carbocycles. The van der Waals surface area contributed by atoms with Crippen LogP contribution in [0.1, 0.15) is 25.8 Å². The van der Waals surface area contributed by atoms with Gasteiger partial charge in [0.25, 0.3) is 0 Å². The summed E-state index contributed by atoms with van der Waals surface area (Å²) in [4.78, 5) is 11.1. The second kappa shape index (κ2) is 3.89. The van der Waals surface area contributed by atoms with E-state index in [1.54, 1.807) is 38.1 Å². The molecule has 0 saturated heterocycles. The molecule has 1 aliphatic rings. The topological polar surface area (TPSA) is 66.8 Å². The Balaban J connectivity index is 2.61. The van der Waals surface area contributed by atoms with Crippen LogP contribution in [0.2, 0.25) is 0 Å². The molecule has 90 valence electrons. The predicted octanol–water partition coefficient (Wildman–Crippen LogP) is 2.04. The molecule has 4 nitrogen and oxygen atoms in total. The van der Waals surface area contributed by atoms with Gasteiger partial charge >= 0.3 is 5.97 Å². The number of aliphatic carboxylic acids is 1. The molecule has 1 aromatic rings. The van der Waals surface area contributed by atoms with Gasteiger partial charge in [-0.05, 0) is 19.4 Å². The van der Waals surface area contributed by atoms with E-state index in [4.69, 9.17) is 9.84 Å². The van der Waals surface area contributed by atoms with Crippen molar-refractivity contribution < 1.29 is 19.7 Å². The highest BCUT2D eigenvalue weighted by Crippen LogP contribution is 2.44.